The van der Waals surface area contributed by atoms with Gasteiger partial charge in [0.05, 0.1) is 0 Å². The smallest absolute Gasteiger partial charge is 0.317 e. The largest absolute Gasteiger partial charge is 0.335 e. The zero-order valence-corrected chi connectivity index (χ0v) is 13.0. The minimum atomic E-state index is 0.174. The van der Waals surface area contributed by atoms with Crippen LogP contribution in [0.2, 0.25) is 0 Å². The Balaban J connectivity index is 1.44. The van der Waals surface area contributed by atoms with E-state index in [1.54, 1.807) is 0 Å². The van der Waals surface area contributed by atoms with Crippen LogP contribution in [-0.4, -0.2) is 54.1 Å². The van der Waals surface area contributed by atoms with E-state index < -0.39 is 0 Å². The third-order valence-corrected chi connectivity index (χ3v) is 5.08. The highest BCUT2D eigenvalue weighted by Crippen LogP contribution is 2.29. The van der Waals surface area contributed by atoms with Crippen LogP contribution in [0.4, 0.5) is 4.79 Å². The molecule has 4 heteroatoms. The number of piperidine rings is 2. The first-order valence-electron chi connectivity index (χ1n) is 8.41. The Morgan fingerprint density at radius 2 is 1.60 bits per heavy atom. The molecule has 2 aliphatic heterocycles. The highest BCUT2D eigenvalue weighted by Gasteiger charge is 2.33. The fourth-order valence-electron chi connectivity index (χ4n) is 3.94. The van der Waals surface area contributed by atoms with Crippen LogP contribution < -0.4 is 5.32 Å². The topological polar surface area (TPSA) is 35.6 Å². The van der Waals surface area contributed by atoms with Crippen LogP contribution in [0.1, 0.15) is 46.0 Å². The minimum Gasteiger partial charge on any atom is -0.335 e. The number of urea groups is 1. The van der Waals surface area contributed by atoms with Crippen LogP contribution in [0.3, 0.4) is 0 Å². The van der Waals surface area contributed by atoms with Gasteiger partial charge in [0.1, 0.15) is 0 Å². The van der Waals surface area contributed by atoms with Crippen molar-refractivity contribution >= 4 is 6.03 Å². The number of nitrogens with zero attached hydrogens (tertiary/aromatic N) is 2. The van der Waals surface area contributed by atoms with Crippen LogP contribution in [-0.2, 0) is 0 Å². The third kappa shape index (κ3) is 3.46. The Morgan fingerprint density at radius 1 is 1.00 bits per heavy atom. The summed E-state index contributed by atoms with van der Waals surface area (Å²) < 4.78 is 0. The molecule has 2 unspecified atom stereocenters. The molecular formula is C16H29N3O. The first-order chi connectivity index (χ1) is 9.61. The number of nitrogens with one attached hydrogen (secondary N) is 1. The second kappa shape index (κ2) is 5.92. The van der Waals surface area contributed by atoms with Crippen molar-refractivity contribution in [2.45, 2.75) is 58.0 Å². The summed E-state index contributed by atoms with van der Waals surface area (Å²) in [5.74, 6) is 1.28. The predicted molar refractivity (Wildman–Crippen MR) is 80.7 cm³/mol. The Bertz CT molecular complexity index is 338. The molecule has 1 aliphatic carbocycles. The van der Waals surface area contributed by atoms with E-state index in [1.165, 1.54) is 32.4 Å². The molecule has 114 valence electrons. The van der Waals surface area contributed by atoms with Crippen LogP contribution in [0, 0.1) is 11.8 Å². The van der Waals surface area contributed by atoms with Crippen molar-refractivity contribution < 1.29 is 4.79 Å². The van der Waals surface area contributed by atoms with Crippen molar-refractivity contribution in [2.75, 3.05) is 26.2 Å². The van der Waals surface area contributed by atoms with E-state index in [0.29, 0.717) is 17.9 Å². The molecule has 0 aromatic carbocycles. The molecule has 0 aromatic heterocycles. The van der Waals surface area contributed by atoms with E-state index in [0.717, 1.165) is 32.0 Å². The van der Waals surface area contributed by atoms with E-state index in [2.05, 4.69) is 24.1 Å². The molecule has 2 amide bonds. The monoisotopic (exact) mass is 279 g/mol. The fourth-order valence-corrected chi connectivity index (χ4v) is 3.94. The zero-order valence-electron chi connectivity index (χ0n) is 13.0. The van der Waals surface area contributed by atoms with Gasteiger partial charge >= 0.3 is 6.03 Å². The van der Waals surface area contributed by atoms with E-state index in [9.17, 15) is 4.79 Å². The molecule has 1 N–H and O–H groups in total. The summed E-state index contributed by atoms with van der Waals surface area (Å²) in [7, 11) is 0. The Labute approximate surface area is 122 Å². The molecule has 2 heterocycles. The lowest BCUT2D eigenvalue weighted by molar-refractivity contribution is 0.135. The average Bonchev–Trinajstić information content (AvgIpc) is 3.23. The summed E-state index contributed by atoms with van der Waals surface area (Å²) in [5.41, 5.74) is 0. The molecular weight excluding hydrogens is 250 g/mol. The predicted octanol–water partition coefficient (Wildman–Crippen LogP) is 2.30. The standard InChI is InChI=1S/C16H29N3O/c1-12-9-13(2)11-19(10-12)16(20)17-14-5-7-18(8-6-14)15-3-4-15/h12-15H,3-11H2,1-2H3,(H,17,20). The van der Waals surface area contributed by atoms with Crippen molar-refractivity contribution in [3.05, 3.63) is 0 Å². The molecule has 3 rings (SSSR count). The first-order valence-corrected chi connectivity index (χ1v) is 8.41. The van der Waals surface area contributed by atoms with Gasteiger partial charge in [-0.2, -0.15) is 0 Å². The quantitative estimate of drug-likeness (QED) is 0.842. The van der Waals surface area contributed by atoms with E-state index in [-0.39, 0.29) is 6.03 Å². The maximum absolute atomic E-state index is 12.4. The van der Waals surface area contributed by atoms with Crippen LogP contribution in [0.5, 0.6) is 0 Å². The molecule has 3 aliphatic rings. The van der Waals surface area contributed by atoms with Gasteiger partial charge in [0.2, 0.25) is 0 Å². The van der Waals surface area contributed by atoms with Gasteiger partial charge in [0.25, 0.3) is 0 Å². The summed E-state index contributed by atoms with van der Waals surface area (Å²) in [4.78, 5) is 17.0. The summed E-state index contributed by atoms with van der Waals surface area (Å²) >= 11 is 0. The number of rotatable bonds is 2. The van der Waals surface area contributed by atoms with Gasteiger partial charge in [0.15, 0.2) is 0 Å². The normalized spacial score (nSPS) is 33.2. The number of likely N-dealkylation sites (tertiary alicyclic amines) is 2. The van der Waals surface area contributed by atoms with E-state index in [1.807, 2.05) is 4.90 Å². The molecule has 1 saturated carbocycles. The van der Waals surface area contributed by atoms with Crippen molar-refractivity contribution in [1.29, 1.82) is 0 Å². The van der Waals surface area contributed by atoms with Crippen molar-refractivity contribution in [2.24, 2.45) is 11.8 Å². The van der Waals surface area contributed by atoms with E-state index >= 15 is 0 Å². The molecule has 2 atom stereocenters. The number of hydrogen-bond donors (Lipinski definition) is 1. The summed E-state index contributed by atoms with van der Waals surface area (Å²) in [6, 6.07) is 1.44. The van der Waals surface area contributed by atoms with Gasteiger partial charge in [-0.3, -0.25) is 0 Å². The van der Waals surface area contributed by atoms with Gasteiger partial charge in [0, 0.05) is 38.3 Å². The Hall–Kier alpha value is -0.770. The molecule has 0 radical (unpaired) electrons. The lowest BCUT2D eigenvalue weighted by atomic mass is 9.92. The van der Waals surface area contributed by atoms with Gasteiger partial charge in [-0.25, -0.2) is 4.79 Å². The minimum absolute atomic E-state index is 0.174. The molecule has 0 aromatic rings. The summed E-state index contributed by atoms with van der Waals surface area (Å²) in [5, 5.41) is 3.27. The number of hydrogen-bond acceptors (Lipinski definition) is 2. The van der Waals surface area contributed by atoms with Crippen LogP contribution in [0.25, 0.3) is 0 Å². The summed E-state index contributed by atoms with van der Waals surface area (Å²) in [6.45, 7) is 8.70. The summed E-state index contributed by atoms with van der Waals surface area (Å²) in [6.07, 6.45) is 6.28. The highest BCUT2D eigenvalue weighted by atomic mass is 16.2. The molecule has 20 heavy (non-hydrogen) atoms. The second-order valence-corrected chi connectivity index (χ2v) is 7.34. The molecule has 0 spiro atoms. The first kappa shape index (κ1) is 14.2. The van der Waals surface area contributed by atoms with Crippen molar-refractivity contribution in [1.82, 2.24) is 15.1 Å². The lowest BCUT2D eigenvalue weighted by Gasteiger charge is -2.37. The highest BCUT2D eigenvalue weighted by molar-refractivity contribution is 5.74. The molecule has 4 nitrogen and oxygen atoms in total. The Morgan fingerprint density at radius 3 is 2.15 bits per heavy atom. The second-order valence-electron chi connectivity index (χ2n) is 7.34. The number of amides is 2. The van der Waals surface area contributed by atoms with Gasteiger partial charge in [-0.1, -0.05) is 13.8 Å². The molecule has 3 fully saturated rings. The number of carbonyl (C=O) groups is 1. The Kier molecular flexibility index (Phi) is 4.20. The third-order valence-electron chi connectivity index (χ3n) is 5.08. The zero-order chi connectivity index (χ0) is 14.1. The van der Waals surface area contributed by atoms with Gasteiger partial charge in [-0.15, -0.1) is 0 Å². The van der Waals surface area contributed by atoms with Crippen molar-refractivity contribution in [3.8, 4) is 0 Å². The van der Waals surface area contributed by atoms with Gasteiger partial charge < -0.3 is 15.1 Å². The average molecular weight is 279 g/mol. The lowest BCUT2D eigenvalue weighted by Crippen LogP contribution is -2.52. The van der Waals surface area contributed by atoms with Crippen LogP contribution in [0.15, 0.2) is 0 Å². The fraction of sp³-hybridized carbons (Fsp3) is 0.938. The molecule has 0 bridgehead atoms. The maximum atomic E-state index is 12.4. The molecule has 2 saturated heterocycles. The van der Waals surface area contributed by atoms with E-state index in [4.69, 9.17) is 0 Å². The SMILES string of the molecule is CC1CC(C)CN(C(=O)NC2CCN(C3CC3)CC2)C1. The number of carbonyl (C=O) groups excluding carboxylic acids is 1. The van der Waals surface area contributed by atoms with Crippen molar-refractivity contribution in [3.63, 3.8) is 0 Å². The van der Waals surface area contributed by atoms with Gasteiger partial charge in [-0.05, 0) is 43.9 Å². The maximum Gasteiger partial charge on any atom is 0.317 e. The van der Waals surface area contributed by atoms with Crippen LogP contribution >= 0.6 is 0 Å².